The van der Waals surface area contributed by atoms with Gasteiger partial charge in [-0.25, -0.2) is 0 Å². The number of rotatable bonds is 4. The number of hydrogen-bond donors (Lipinski definition) is 0. The Bertz CT molecular complexity index is 1860. The van der Waals surface area contributed by atoms with Crippen LogP contribution >= 0.6 is 24.8 Å². The van der Waals surface area contributed by atoms with Crippen LogP contribution in [0.25, 0.3) is 11.1 Å². The molecule has 0 N–H and O–H groups in total. The molecular weight excluding hydrogens is 703 g/mol. The normalized spacial score (nSPS) is 19.1. The molecule has 0 heterocycles. The zero-order valence-electron chi connectivity index (χ0n) is 32.0. The van der Waals surface area contributed by atoms with Gasteiger partial charge in [-0.2, -0.15) is 0 Å². The van der Waals surface area contributed by atoms with Crippen molar-refractivity contribution >= 4 is 35.6 Å². The van der Waals surface area contributed by atoms with Crippen LogP contribution in [0.15, 0.2) is 63.5 Å². The third-order valence-electron chi connectivity index (χ3n) is 12.6. The summed E-state index contributed by atoms with van der Waals surface area (Å²) in [5.41, 5.74) is 15.2. The van der Waals surface area contributed by atoms with E-state index in [1.165, 1.54) is 79.9 Å². The molecule has 0 amide bonds. The second-order valence-corrected chi connectivity index (χ2v) is 32.4. The average Bonchev–Trinajstić information content (AvgIpc) is 3.52. The molecule has 0 spiro atoms. The molecule has 3 aromatic carbocycles. The Morgan fingerprint density at radius 1 is 0.792 bits per heavy atom. The van der Waals surface area contributed by atoms with E-state index >= 15 is 0 Å². The van der Waals surface area contributed by atoms with Crippen molar-refractivity contribution in [2.45, 2.75) is 130 Å². The summed E-state index contributed by atoms with van der Waals surface area (Å²) in [4.78, 5) is 0. The molecule has 3 aromatic rings. The van der Waals surface area contributed by atoms with Gasteiger partial charge in [-0.05, 0) is 0 Å². The average molecular weight is 765 g/mol. The summed E-state index contributed by atoms with van der Waals surface area (Å²) in [7, 11) is 0. The zero-order valence-corrected chi connectivity index (χ0v) is 36.1. The molecule has 0 radical (unpaired) electrons. The van der Waals surface area contributed by atoms with Gasteiger partial charge in [-0.15, -0.1) is 24.8 Å². The summed E-state index contributed by atoms with van der Waals surface area (Å²) in [6, 6.07) is 17.3. The summed E-state index contributed by atoms with van der Waals surface area (Å²) in [5.74, 6) is 0.398. The van der Waals surface area contributed by atoms with Crippen molar-refractivity contribution in [2.75, 3.05) is 0 Å². The van der Waals surface area contributed by atoms with Crippen molar-refractivity contribution in [3.05, 3.63) is 102 Å². The Morgan fingerprint density at radius 2 is 1.35 bits per heavy atom. The first-order valence-corrected chi connectivity index (χ1v) is 26.0. The number of allylic oxidation sites excluding steroid dienone is 4. The second-order valence-electron chi connectivity index (χ2n) is 18.5. The van der Waals surface area contributed by atoms with Crippen LogP contribution in [-0.4, -0.2) is 4.21 Å². The second kappa shape index (κ2) is 12.9. The van der Waals surface area contributed by atoms with Gasteiger partial charge in [0, 0.05) is 0 Å². The van der Waals surface area contributed by atoms with E-state index in [1.807, 2.05) is 0 Å². The van der Waals surface area contributed by atoms with E-state index < -0.39 is 18.3 Å². The van der Waals surface area contributed by atoms with Crippen molar-refractivity contribution in [2.24, 2.45) is 11.3 Å². The van der Waals surface area contributed by atoms with Gasteiger partial charge in [0.2, 0.25) is 0 Å². The minimum absolute atomic E-state index is 0. The van der Waals surface area contributed by atoms with E-state index in [9.17, 15) is 0 Å². The van der Waals surface area contributed by atoms with E-state index in [-0.39, 0.29) is 41.1 Å². The van der Waals surface area contributed by atoms with Crippen LogP contribution in [0, 0.1) is 32.1 Å². The quantitative estimate of drug-likeness (QED) is 0.194. The Hall–Kier alpha value is -1.53. The Labute approximate surface area is 306 Å². The van der Waals surface area contributed by atoms with Crippen molar-refractivity contribution in [3.63, 3.8) is 0 Å². The SMILES string of the molecule is Cl.Cl.[CH2]=[Zr]([CH3])([C]1=CC(C2(C)CCCCC2)=CC1C)([c]1ccc(C)cc1)[c]1c(C)c(C(C)(C)C)cc2c1Cc1cc(C)c(C(C)(C)C)cc1-2. The molecule has 1 unspecified atom stereocenters. The van der Waals surface area contributed by atoms with E-state index in [1.54, 1.807) is 17.7 Å². The first kappa shape index (κ1) is 39.3. The van der Waals surface area contributed by atoms with Crippen LogP contribution in [-0.2, 0) is 35.5 Å². The Morgan fingerprint density at radius 3 is 1.92 bits per heavy atom. The Kier molecular flexibility index (Phi) is 10.6. The predicted molar refractivity (Wildman–Crippen MR) is 216 cm³/mol. The molecule has 1 fully saturated rings. The molecule has 3 aliphatic rings. The number of aryl methyl sites for hydroxylation is 2. The van der Waals surface area contributed by atoms with E-state index in [0.29, 0.717) is 5.92 Å². The molecule has 1 saturated carbocycles. The maximum absolute atomic E-state index is 5.71. The van der Waals surface area contributed by atoms with Gasteiger partial charge >= 0.3 is 284 Å². The molecule has 0 aromatic heterocycles. The van der Waals surface area contributed by atoms with Gasteiger partial charge in [0.15, 0.2) is 0 Å². The van der Waals surface area contributed by atoms with E-state index in [4.69, 9.17) is 4.21 Å². The summed E-state index contributed by atoms with van der Waals surface area (Å²) in [6.07, 6.45) is 13.1. The van der Waals surface area contributed by atoms with Gasteiger partial charge in [-0.1, -0.05) is 0 Å². The molecule has 0 nitrogen and oxygen atoms in total. The summed E-state index contributed by atoms with van der Waals surface area (Å²) >= 11 is -4.49. The van der Waals surface area contributed by atoms with Gasteiger partial charge in [0.05, 0.1) is 0 Å². The van der Waals surface area contributed by atoms with Crippen molar-refractivity contribution < 1.29 is 18.3 Å². The first-order chi connectivity index (χ1) is 21.3. The van der Waals surface area contributed by atoms with Crippen molar-refractivity contribution in [1.82, 2.24) is 0 Å². The number of benzene rings is 3. The van der Waals surface area contributed by atoms with Crippen LogP contribution in [0.5, 0.6) is 0 Å². The standard InChI is InChI=1S/C23H29.C13H19.C7H7.CH3.CH2.2ClH.Zr/c1-14-9-16-11-17-10-15(2)21(23(6,7)8)13-19(17)18(16)12-20(14)22(3,4)5;1-11-6-7-12(10-11)13(2)8-4-3-5-9-13;1-7-5-3-2-4-6-7;;;;;/h9,12-13H,11H2,1-8H3;7,10-11H,3-5,8-9H2,1-2H3;3-6H,1H3;1H3;1H2;2*1H;. The predicted octanol–water partition coefficient (Wildman–Crippen LogP) is 12.2. The number of fused-ring (bicyclic) bond motifs is 3. The van der Waals surface area contributed by atoms with E-state index in [2.05, 4.69) is 135 Å². The fraction of sp³-hybridized carbons (Fsp3) is 0.489. The molecule has 0 aliphatic heterocycles. The molecule has 3 aliphatic carbocycles. The van der Waals surface area contributed by atoms with Gasteiger partial charge < -0.3 is 0 Å². The topological polar surface area (TPSA) is 0 Å². The van der Waals surface area contributed by atoms with E-state index in [0.717, 1.165) is 6.42 Å². The number of hydrogen-bond acceptors (Lipinski definition) is 0. The fourth-order valence-corrected chi connectivity index (χ4v) is 24.9. The monoisotopic (exact) mass is 762 g/mol. The molecule has 6 rings (SSSR count). The molecule has 0 saturated heterocycles. The molecule has 3 heteroatoms. The van der Waals surface area contributed by atoms with Crippen LogP contribution in [0.1, 0.15) is 126 Å². The molecular formula is C45H62Cl2Zr. The summed E-state index contributed by atoms with van der Waals surface area (Å²) < 4.78 is 13.2. The third-order valence-corrected chi connectivity index (χ3v) is 27.6. The minimum atomic E-state index is -4.49. The third kappa shape index (κ3) is 6.20. The molecule has 0 bridgehead atoms. The number of halogens is 2. The first-order valence-electron chi connectivity index (χ1n) is 18.1. The van der Waals surface area contributed by atoms with Crippen LogP contribution in [0.4, 0.5) is 0 Å². The van der Waals surface area contributed by atoms with Crippen molar-refractivity contribution in [3.8, 4) is 11.1 Å². The van der Waals surface area contributed by atoms with Crippen LogP contribution in [0.2, 0.25) is 4.63 Å². The van der Waals surface area contributed by atoms with Crippen LogP contribution < -0.4 is 6.54 Å². The fourth-order valence-electron chi connectivity index (χ4n) is 10.1. The van der Waals surface area contributed by atoms with Crippen molar-refractivity contribution in [1.29, 1.82) is 0 Å². The van der Waals surface area contributed by atoms with Gasteiger partial charge in [0.25, 0.3) is 0 Å². The molecule has 1 atom stereocenters. The van der Waals surface area contributed by atoms with Gasteiger partial charge in [0.1, 0.15) is 0 Å². The molecule has 260 valence electrons. The van der Waals surface area contributed by atoms with Crippen LogP contribution in [0.3, 0.4) is 0 Å². The maximum atomic E-state index is 5.71. The molecule has 48 heavy (non-hydrogen) atoms. The van der Waals surface area contributed by atoms with Gasteiger partial charge in [-0.3, -0.25) is 0 Å². The zero-order chi connectivity index (χ0) is 33.6. The summed E-state index contributed by atoms with van der Waals surface area (Å²) in [6.45, 7) is 26.3. The summed E-state index contributed by atoms with van der Waals surface area (Å²) in [5, 5.41) is 0. The Balaban J connectivity index is 0.00000260.